The molecule has 0 saturated carbocycles. The first kappa shape index (κ1) is 17.8. The van der Waals surface area contributed by atoms with Gasteiger partial charge in [0.15, 0.2) is 11.5 Å². The van der Waals surface area contributed by atoms with Crippen LogP contribution < -0.4 is 14.8 Å². The minimum atomic E-state index is 0.277. The summed E-state index contributed by atoms with van der Waals surface area (Å²) in [5, 5.41) is 3.39. The molecule has 120 valence electrons. The molecule has 4 heteroatoms. The second kappa shape index (κ2) is 8.90. The highest BCUT2D eigenvalue weighted by Crippen LogP contribution is 2.30. The van der Waals surface area contributed by atoms with Gasteiger partial charge in [-0.25, -0.2) is 0 Å². The van der Waals surface area contributed by atoms with Gasteiger partial charge in [-0.05, 0) is 37.7 Å². The van der Waals surface area contributed by atoms with Gasteiger partial charge in [0.25, 0.3) is 0 Å². The highest BCUT2D eigenvalue weighted by atomic mass is 16.5. The molecule has 21 heavy (non-hydrogen) atoms. The van der Waals surface area contributed by atoms with E-state index in [-0.39, 0.29) is 6.04 Å². The highest BCUT2D eigenvalue weighted by Gasteiger charge is 2.15. The molecule has 0 aromatic heterocycles. The number of hydrogen-bond acceptors (Lipinski definition) is 4. The Labute approximate surface area is 129 Å². The fourth-order valence-electron chi connectivity index (χ4n) is 2.48. The summed E-state index contributed by atoms with van der Waals surface area (Å²) in [7, 11) is 7.51. The van der Waals surface area contributed by atoms with Crippen molar-refractivity contribution < 1.29 is 9.47 Å². The van der Waals surface area contributed by atoms with Gasteiger partial charge in [0.1, 0.15) is 0 Å². The lowest BCUT2D eigenvalue weighted by Crippen LogP contribution is -2.33. The van der Waals surface area contributed by atoms with Crippen molar-refractivity contribution >= 4 is 0 Å². The summed E-state index contributed by atoms with van der Waals surface area (Å²) in [4.78, 5) is 2.38. The molecule has 0 saturated heterocycles. The molecule has 1 aromatic carbocycles. The Morgan fingerprint density at radius 3 is 2.33 bits per heavy atom. The van der Waals surface area contributed by atoms with Gasteiger partial charge in [-0.1, -0.05) is 26.3 Å². The van der Waals surface area contributed by atoms with Gasteiger partial charge < -0.3 is 19.7 Å². The molecule has 0 spiro atoms. The topological polar surface area (TPSA) is 33.7 Å². The molecule has 0 amide bonds. The third kappa shape index (κ3) is 5.21. The van der Waals surface area contributed by atoms with E-state index in [1.165, 1.54) is 12.0 Å². The quantitative estimate of drug-likeness (QED) is 0.759. The molecule has 2 atom stereocenters. The van der Waals surface area contributed by atoms with E-state index in [2.05, 4.69) is 43.2 Å². The van der Waals surface area contributed by atoms with Crippen molar-refractivity contribution in [3.05, 3.63) is 23.8 Å². The second-order valence-corrected chi connectivity index (χ2v) is 5.69. The summed E-state index contributed by atoms with van der Waals surface area (Å²) in [6.07, 6.45) is 1.21. The van der Waals surface area contributed by atoms with Crippen LogP contribution in [-0.4, -0.2) is 46.3 Å². The Balaban J connectivity index is 2.80. The molecule has 4 nitrogen and oxygen atoms in total. The fourth-order valence-corrected chi connectivity index (χ4v) is 2.48. The lowest BCUT2D eigenvalue weighted by atomic mass is 10.0. The minimum Gasteiger partial charge on any atom is -0.493 e. The fraction of sp³-hybridized carbons (Fsp3) is 0.647. The van der Waals surface area contributed by atoms with Gasteiger partial charge >= 0.3 is 0 Å². The molecule has 2 unspecified atom stereocenters. The highest BCUT2D eigenvalue weighted by molar-refractivity contribution is 5.43. The molecule has 0 aliphatic heterocycles. The standard InChI is InChI=1S/C17H30N2O2/c1-7-13(2)11-19(4)12-15(18-3)14-8-9-16(20-5)17(10-14)21-6/h8-10,13,15,18H,7,11-12H2,1-6H3. The first-order chi connectivity index (χ1) is 10.0. The van der Waals surface area contributed by atoms with Crippen LogP contribution in [-0.2, 0) is 0 Å². The van der Waals surface area contributed by atoms with Crippen molar-refractivity contribution in [2.24, 2.45) is 5.92 Å². The van der Waals surface area contributed by atoms with Gasteiger partial charge in [0.2, 0.25) is 0 Å². The molecule has 1 N–H and O–H groups in total. The summed E-state index contributed by atoms with van der Waals surface area (Å²) in [6, 6.07) is 6.39. The van der Waals surface area contributed by atoms with Crippen LogP contribution in [0.2, 0.25) is 0 Å². The van der Waals surface area contributed by atoms with Crippen LogP contribution in [0.25, 0.3) is 0 Å². The Morgan fingerprint density at radius 1 is 1.14 bits per heavy atom. The van der Waals surface area contributed by atoms with Crippen LogP contribution in [0.1, 0.15) is 31.9 Å². The Bertz CT molecular complexity index is 423. The number of nitrogens with zero attached hydrogens (tertiary/aromatic N) is 1. The number of rotatable bonds is 9. The Morgan fingerprint density at radius 2 is 1.81 bits per heavy atom. The number of nitrogens with one attached hydrogen (secondary N) is 1. The molecule has 1 aromatic rings. The molecule has 0 aliphatic rings. The van der Waals surface area contributed by atoms with Crippen molar-refractivity contribution in [3.63, 3.8) is 0 Å². The van der Waals surface area contributed by atoms with E-state index in [1.807, 2.05) is 13.1 Å². The van der Waals surface area contributed by atoms with Gasteiger partial charge in [0, 0.05) is 19.1 Å². The van der Waals surface area contributed by atoms with Crippen molar-refractivity contribution in [1.29, 1.82) is 0 Å². The number of benzene rings is 1. The average Bonchev–Trinajstić information content (AvgIpc) is 2.51. The van der Waals surface area contributed by atoms with E-state index in [1.54, 1.807) is 14.2 Å². The zero-order valence-corrected chi connectivity index (χ0v) is 14.3. The number of methoxy groups -OCH3 is 2. The molecule has 0 bridgehead atoms. The minimum absolute atomic E-state index is 0.277. The summed E-state index contributed by atoms with van der Waals surface area (Å²) in [5.74, 6) is 2.27. The first-order valence-corrected chi connectivity index (χ1v) is 7.63. The summed E-state index contributed by atoms with van der Waals surface area (Å²) in [5.41, 5.74) is 1.21. The number of ether oxygens (including phenoxy) is 2. The van der Waals surface area contributed by atoms with Crippen LogP contribution >= 0.6 is 0 Å². The van der Waals surface area contributed by atoms with Crippen molar-refractivity contribution in [2.45, 2.75) is 26.3 Å². The van der Waals surface area contributed by atoms with Crippen LogP contribution in [0.15, 0.2) is 18.2 Å². The van der Waals surface area contributed by atoms with Crippen LogP contribution in [0.5, 0.6) is 11.5 Å². The molecule has 1 rings (SSSR count). The maximum absolute atomic E-state index is 5.39. The van der Waals surface area contributed by atoms with E-state index in [0.29, 0.717) is 0 Å². The first-order valence-electron chi connectivity index (χ1n) is 7.63. The lowest BCUT2D eigenvalue weighted by Gasteiger charge is -2.26. The van der Waals surface area contributed by atoms with E-state index in [0.717, 1.165) is 30.5 Å². The number of likely N-dealkylation sites (N-methyl/N-ethyl adjacent to an activating group) is 2. The summed E-state index contributed by atoms with van der Waals surface area (Å²) in [6.45, 7) is 6.61. The monoisotopic (exact) mass is 294 g/mol. The zero-order valence-electron chi connectivity index (χ0n) is 14.3. The van der Waals surface area contributed by atoms with Gasteiger partial charge in [0.05, 0.1) is 14.2 Å². The molecule has 0 radical (unpaired) electrons. The largest absolute Gasteiger partial charge is 0.493 e. The van der Waals surface area contributed by atoms with Gasteiger partial charge in [-0.2, -0.15) is 0 Å². The predicted octanol–water partition coefficient (Wildman–Crippen LogP) is 2.94. The van der Waals surface area contributed by atoms with E-state index in [9.17, 15) is 0 Å². The van der Waals surface area contributed by atoms with E-state index >= 15 is 0 Å². The smallest absolute Gasteiger partial charge is 0.161 e. The normalized spacial score (nSPS) is 14.0. The molecule has 0 aliphatic carbocycles. The third-order valence-corrected chi connectivity index (χ3v) is 3.97. The zero-order chi connectivity index (χ0) is 15.8. The second-order valence-electron chi connectivity index (χ2n) is 5.69. The van der Waals surface area contributed by atoms with Crippen molar-refractivity contribution in [1.82, 2.24) is 10.2 Å². The lowest BCUT2D eigenvalue weighted by molar-refractivity contribution is 0.256. The number of hydrogen-bond donors (Lipinski definition) is 1. The molecule has 0 fully saturated rings. The SMILES string of the molecule is CCC(C)CN(C)CC(NC)c1ccc(OC)c(OC)c1. The van der Waals surface area contributed by atoms with E-state index < -0.39 is 0 Å². The van der Waals surface area contributed by atoms with Crippen LogP contribution in [0, 0.1) is 5.92 Å². The van der Waals surface area contributed by atoms with Crippen molar-refractivity contribution in [2.75, 3.05) is 41.4 Å². The van der Waals surface area contributed by atoms with Gasteiger partial charge in [-0.15, -0.1) is 0 Å². The predicted molar refractivity (Wildman–Crippen MR) is 88.3 cm³/mol. The molecule has 0 heterocycles. The Hall–Kier alpha value is -1.26. The maximum atomic E-state index is 5.39. The molecular formula is C17H30N2O2. The van der Waals surface area contributed by atoms with Crippen LogP contribution in [0.3, 0.4) is 0 Å². The maximum Gasteiger partial charge on any atom is 0.161 e. The van der Waals surface area contributed by atoms with E-state index in [4.69, 9.17) is 9.47 Å². The van der Waals surface area contributed by atoms with Crippen molar-refractivity contribution in [3.8, 4) is 11.5 Å². The van der Waals surface area contributed by atoms with Crippen LogP contribution in [0.4, 0.5) is 0 Å². The summed E-state index contributed by atoms with van der Waals surface area (Å²) >= 11 is 0. The average molecular weight is 294 g/mol. The third-order valence-electron chi connectivity index (χ3n) is 3.97. The summed E-state index contributed by atoms with van der Waals surface area (Å²) < 4.78 is 10.7. The molecular weight excluding hydrogens is 264 g/mol. The van der Waals surface area contributed by atoms with Gasteiger partial charge in [-0.3, -0.25) is 0 Å². The Kier molecular flexibility index (Phi) is 7.54.